The first-order valence-electron chi connectivity index (χ1n) is 3.74. The Labute approximate surface area is 80.8 Å². The molecular formula is C7H12N4OS. The molecule has 5 nitrogen and oxygen atoms in total. The van der Waals surface area contributed by atoms with Crippen molar-refractivity contribution in [3.8, 4) is 0 Å². The van der Waals surface area contributed by atoms with Crippen molar-refractivity contribution in [2.45, 2.75) is 18.6 Å². The zero-order valence-corrected chi connectivity index (χ0v) is 8.62. The molecule has 72 valence electrons. The minimum Gasteiger partial charge on any atom is -0.409 e. The van der Waals surface area contributed by atoms with Crippen molar-refractivity contribution in [1.82, 2.24) is 14.8 Å². The second-order valence-electron chi connectivity index (χ2n) is 2.98. The molecule has 0 saturated heterocycles. The highest BCUT2D eigenvalue weighted by Crippen LogP contribution is 2.23. The van der Waals surface area contributed by atoms with Gasteiger partial charge >= 0.3 is 0 Å². The van der Waals surface area contributed by atoms with Crippen LogP contribution in [0.5, 0.6) is 0 Å². The summed E-state index contributed by atoms with van der Waals surface area (Å²) in [7, 11) is 0. The fourth-order valence-electron chi connectivity index (χ4n) is 0.851. The van der Waals surface area contributed by atoms with E-state index >= 15 is 0 Å². The molecule has 0 aliphatic heterocycles. The van der Waals surface area contributed by atoms with E-state index in [1.54, 1.807) is 11.8 Å². The predicted octanol–water partition coefficient (Wildman–Crippen LogP) is 1.06. The standard InChI is InChI=1S/C7H12N4OS/c1-7(2,13-3)6(10-12)11-5-8-4-9-11/h4-5,12H,1-3H3. The summed E-state index contributed by atoms with van der Waals surface area (Å²) in [5.74, 6) is 0.470. The van der Waals surface area contributed by atoms with Crippen LogP contribution in [0.25, 0.3) is 0 Å². The summed E-state index contributed by atoms with van der Waals surface area (Å²) in [5.41, 5.74) is 0. The van der Waals surface area contributed by atoms with Gasteiger partial charge < -0.3 is 5.21 Å². The van der Waals surface area contributed by atoms with Gasteiger partial charge in [0.2, 0.25) is 0 Å². The Kier molecular flexibility index (Phi) is 2.92. The molecule has 1 heterocycles. The summed E-state index contributed by atoms with van der Waals surface area (Å²) in [5, 5.41) is 16.0. The first-order valence-corrected chi connectivity index (χ1v) is 4.97. The lowest BCUT2D eigenvalue weighted by atomic mass is 10.2. The third-order valence-corrected chi connectivity index (χ3v) is 2.98. The molecule has 1 N–H and O–H groups in total. The van der Waals surface area contributed by atoms with E-state index < -0.39 is 0 Å². The van der Waals surface area contributed by atoms with E-state index in [2.05, 4.69) is 15.2 Å². The molecule has 0 bridgehead atoms. The van der Waals surface area contributed by atoms with Crippen LogP contribution >= 0.6 is 11.8 Å². The Morgan fingerprint density at radius 2 is 2.31 bits per heavy atom. The monoisotopic (exact) mass is 200 g/mol. The van der Waals surface area contributed by atoms with Crippen LogP contribution in [-0.2, 0) is 0 Å². The van der Waals surface area contributed by atoms with Crippen LogP contribution in [0.2, 0.25) is 0 Å². The molecule has 0 amide bonds. The van der Waals surface area contributed by atoms with Gasteiger partial charge in [-0.05, 0) is 20.1 Å². The largest absolute Gasteiger partial charge is 0.409 e. The van der Waals surface area contributed by atoms with Crippen molar-refractivity contribution in [2.24, 2.45) is 5.16 Å². The topological polar surface area (TPSA) is 63.3 Å². The van der Waals surface area contributed by atoms with E-state index in [1.165, 1.54) is 17.3 Å². The first-order chi connectivity index (χ1) is 6.11. The molecule has 0 radical (unpaired) electrons. The summed E-state index contributed by atoms with van der Waals surface area (Å²) in [4.78, 5) is 3.79. The molecule has 0 saturated carbocycles. The highest BCUT2D eigenvalue weighted by Gasteiger charge is 2.26. The maximum absolute atomic E-state index is 8.85. The maximum atomic E-state index is 8.85. The highest BCUT2D eigenvalue weighted by molar-refractivity contribution is 8.00. The number of hydrogen-bond donors (Lipinski definition) is 1. The molecular weight excluding hydrogens is 188 g/mol. The average Bonchev–Trinajstić information content (AvgIpc) is 2.58. The Morgan fingerprint density at radius 3 is 2.69 bits per heavy atom. The van der Waals surface area contributed by atoms with E-state index in [0.29, 0.717) is 5.84 Å². The molecule has 6 heteroatoms. The summed E-state index contributed by atoms with van der Waals surface area (Å²) in [6, 6.07) is 0. The van der Waals surface area contributed by atoms with Crippen LogP contribution in [0.4, 0.5) is 0 Å². The molecule has 0 aliphatic carbocycles. The van der Waals surface area contributed by atoms with Gasteiger partial charge in [0.1, 0.15) is 12.7 Å². The molecule has 0 spiro atoms. The van der Waals surface area contributed by atoms with Crippen LogP contribution in [0.3, 0.4) is 0 Å². The van der Waals surface area contributed by atoms with E-state index in [-0.39, 0.29) is 4.75 Å². The first kappa shape index (κ1) is 10.0. The van der Waals surface area contributed by atoms with Crippen molar-refractivity contribution in [2.75, 3.05) is 6.26 Å². The number of nitrogens with zero attached hydrogens (tertiary/aromatic N) is 4. The zero-order chi connectivity index (χ0) is 9.90. The number of hydrogen-bond acceptors (Lipinski definition) is 5. The zero-order valence-electron chi connectivity index (χ0n) is 7.80. The number of oxime groups is 1. The van der Waals surface area contributed by atoms with Gasteiger partial charge in [-0.1, -0.05) is 5.16 Å². The number of thioether (sulfide) groups is 1. The summed E-state index contributed by atoms with van der Waals surface area (Å²) >= 11 is 1.58. The number of aromatic nitrogens is 3. The normalized spacial score (nSPS) is 13.3. The van der Waals surface area contributed by atoms with E-state index in [1.807, 2.05) is 20.1 Å². The van der Waals surface area contributed by atoms with E-state index in [4.69, 9.17) is 5.21 Å². The highest BCUT2D eigenvalue weighted by atomic mass is 32.2. The van der Waals surface area contributed by atoms with Gasteiger partial charge in [0, 0.05) is 0 Å². The molecule has 0 aliphatic rings. The average molecular weight is 200 g/mol. The van der Waals surface area contributed by atoms with Gasteiger partial charge in [-0.15, -0.1) is 0 Å². The minimum atomic E-state index is -0.289. The van der Waals surface area contributed by atoms with Crippen LogP contribution in [0, 0.1) is 0 Å². The lowest BCUT2D eigenvalue weighted by molar-refractivity contribution is 0.313. The van der Waals surface area contributed by atoms with Crippen molar-refractivity contribution in [3.63, 3.8) is 0 Å². The summed E-state index contributed by atoms with van der Waals surface area (Å²) < 4.78 is 1.17. The lowest BCUT2D eigenvalue weighted by Gasteiger charge is -2.21. The van der Waals surface area contributed by atoms with E-state index in [9.17, 15) is 0 Å². The van der Waals surface area contributed by atoms with Gasteiger partial charge in [0.15, 0.2) is 5.84 Å². The molecule has 13 heavy (non-hydrogen) atoms. The molecule has 1 aromatic rings. The van der Waals surface area contributed by atoms with Crippen molar-refractivity contribution in [1.29, 1.82) is 0 Å². The number of rotatable bonds is 2. The summed E-state index contributed by atoms with van der Waals surface area (Å²) in [6.07, 6.45) is 4.86. The third kappa shape index (κ3) is 2.00. The third-order valence-electron chi connectivity index (χ3n) is 1.78. The Hall–Kier alpha value is -1.04. The minimum absolute atomic E-state index is 0.289. The van der Waals surface area contributed by atoms with Gasteiger partial charge in [0.05, 0.1) is 4.75 Å². The Bertz CT molecular complexity index is 293. The second-order valence-corrected chi connectivity index (χ2v) is 4.41. The molecule has 0 unspecified atom stereocenters. The van der Waals surface area contributed by atoms with Gasteiger partial charge in [-0.25, -0.2) is 9.67 Å². The smallest absolute Gasteiger partial charge is 0.186 e. The van der Waals surface area contributed by atoms with Gasteiger partial charge in [0.25, 0.3) is 0 Å². The maximum Gasteiger partial charge on any atom is 0.186 e. The van der Waals surface area contributed by atoms with Gasteiger partial charge in [-0.2, -0.15) is 16.9 Å². The van der Waals surface area contributed by atoms with Crippen LogP contribution < -0.4 is 0 Å². The van der Waals surface area contributed by atoms with Crippen LogP contribution in [-0.4, -0.2) is 36.8 Å². The van der Waals surface area contributed by atoms with Crippen molar-refractivity contribution in [3.05, 3.63) is 12.7 Å². The molecule has 0 aromatic carbocycles. The van der Waals surface area contributed by atoms with Crippen LogP contribution in [0.15, 0.2) is 17.8 Å². The van der Waals surface area contributed by atoms with Crippen LogP contribution in [0.1, 0.15) is 13.8 Å². The van der Waals surface area contributed by atoms with E-state index in [0.717, 1.165) is 0 Å². The van der Waals surface area contributed by atoms with Crippen molar-refractivity contribution >= 4 is 17.6 Å². The molecule has 1 aromatic heterocycles. The molecule has 0 fully saturated rings. The SMILES string of the molecule is CSC(C)(C)C(=NO)n1cncn1. The Balaban J connectivity index is 3.01. The summed E-state index contributed by atoms with van der Waals surface area (Å²) in [6.45, 7) is 3.91. The lowest BCUT2D eigenvalue weighted by Crippen LogP contribution is -2.34. The van der Waals surface area contributed by atoms with Gasteiger partial charge in [-0.3, -0.25) is 0 Å². The second kappa shape index (κ2) is 3.78. The fraction of sp³-hybridized carbons (Fsp3) is 0.571. The fourth-order valence-corrected chi connectivity index (χ4v) is 1.17. The Morgan fingerprint density at radius 1 is 1.62 bits per heavy atom. The molecule has 1 rings (SSSR count). The quantitative estimate of drug-likeness (QED) is 0.335. The predicted molar refractivity (Wildman–Crippen MR) is 52.2 cm³/mol. The molecule has 0 atom stereocenters. The van der Waals surface area contributed by atoms with Crippen molar-refractivity contribution < 1.29 is 5.21 Å².